The molecule has 0 aliphatic rings. The van der Waals surface area contributed by atoms with Gasteiger partial charge in [-0.3, -0.25) is 15.5 Å². The number of nitro groups is 1. The number of nitrogens with two attached hydrogens (primary N) is 1. The van der Waals surface area contributed by atoms with Crippen LogP contribution < -0.4 is 16.6 Å². The van der Waals surface area contributed by atoms with Crippen LogP contribution in [0.15, 0.2) is 6.20 Å². The summed E-state index contributed by atoms with van der Waals surface area (Å²) >= 11 is 1.51. The maximum Gasteiger partial charge on any atom is 0.332 e. The smallest absolute Gasteiger partial charge is 0.332 e. The molecule has 0 fully saturated rings. The van der Waals surface area contributed by atoms with Crippen molar-refractivity contribution < 1.29 is 4.92 Å². The number of anilines is 2. The summed E-state index contributed by atoms with van der Waals surface area (Å²) in [5.74, 6) is 5.47. The normalized spacial score (nSPS) is 10.3. The van der Waals surface area contributed by atoms with Gasteiger partial charge >= 0.3 is 5.69 Å². The molecule has 106 valence electrons. The fourth-order valence-electron chi connectivity index (χ4n) is 1.62. The summed E-state index contributed by atoms with van der Waals surface area (Å²) in [4.78, 5) is 23.7. The van der Waals surface area contributed by atoms with Crippen LogP contribution in [0.4, 0.5) is 17.5 Å². The van der Waals surface area contributed by atoms with Gasteiger partial charge in [-0.15, -0.1) is 11.3 Å². The molecule has 0 atom stereocenters. The van der Waals surface area contributed by atoms with E-state index in [0.29, 0.717) is 6.54 Å². The first-order valence-electron chi connectivity index (χ1n) is 5.66. The van der Waals surface area contributed by atoms with Crippen molar-refractivity contribution in [2.75, 3.05) is 10.7 Å². The fraction of sp³-hybridized carbons (Fsp3) is 0.300. The van der Waals surface area contributed by atoms with Crippen LogP contribution in [0.5, 0.6) is 0 Å². The lowest BCUT2D eigenvalue weighted by Gasteiger charge is -2.08. The average Bonchev–Trinajstić information content (AvgIpc) is 2.81. The van der Waals surface area contributed by atoms with Gasteiger partial charge in [-0.25, -0.2) is 15.8 Å². The van der Waals surface area contributed by atoms with Gasteiger partial charge in [0, 0.05) is 11.1 Å². The Morgan fingerprint density at radius 1 is 1.45 bits per heavy atom. The van der Waals surface area contributed by atoms with Crippen LogP contribution >= 0.6 is 11.3 Å². The molecule has 20 heavy (non-hydrogen) atoms. The quantitative estimate of drug-likeness (QED) is 0.428. The third kappa shape index (κ3) is 2.97. The third-order valence-electron chi connectivity index (χ3n) is 2.45. The van der Waals surface area contributed by atoms with Crippen molar-refractivity contribution in [2.24, 2.45) is 5.84 Å². The van der Waals surface area contributed by atoms with Crippen molar-refractivity contribution in [2.45, 2.75) is 20.4 Å². The summed E-state index contributed by atoms with van der Waals surface area (Å²) in [5.41, 5.74) is 2.34. The van der Waals surface area contributed by atoms with E-state index in [2.05, 4.69) is 25.7 Å². The molecule has 0 saturated carbocycles. The maximum atomic E-state index is 11.1. The molecule has 4 N–H and O–H groups in total. The zero-order valence-electron chi connectivity index (χ0n) is 10.9. The lowest BCUT2D eigenvalue weighted by atomic mass is 10.3. The zero-order chi connectivity index (χ0) is 14.7. The monoisotopic (exact) mass is 295 g/mol. The van der Waals surface area contributed by atoms with Gasteiger partial charge in [0.1, 0.15) is 10.7 Å². The second kappa shape index (κ2) is 5.75. The molecule has 0 spiro atoms. The molecule has 2 aromatic rings. The van der Waals surface area contributed by atoms with Crippen LogP contribution in [0.3, 0.4) is 0 Å². The number of nitrogens with zero attached hydrogens (tertiary/aromatic N) is 4. The first-order chi connectivity index (χ1) is 9.51. The lowest BCUT2D eigenvalue weighted by Crippen LogP contribution is -2.14. The molecular weight excluding hydrogens is 282 g/mol. The van der Waals surface area contributed by atoms with E-state index in [1.807, 2.05) is 6.92 Å². The summed E-state index contributed by atoms with van der Waals surface area (Å²) in [7, 11) is 0. The van der Waals surface area contributed by atoms with Crippen molar-refractivity contribution in [3.8, 4) is 0 Å². The van der Waals surface area contributed by atoms with E-state index in [0.717, 1.165) is 9.88 Å². The van der Waals surface area contributed by atoms with Crippen molar-refractivity contribution in [3.63, 3.8) is 0 Å². The van der Waals surface area contributed by atoms with Crippen molar-refractivity contribution in [1.29, 1.82) is 0 Å². The minimum absolute atomic E-state index is 0.114. The van der Waals surface area contributed by atoms with E-state index < -0.39 is 4.92 Å². The molecule has 0 aliphatic carbocycles. The summed E-state index contributed by atoms with van der Waals surface area (Å²) in [5, 5.41) is 14.8. The molecule has 0 saturated heterocycles. The fourth-order valence-corrected chi connectivity index (χ4v) is 2.34. The van der Waals surface area contributed by atoms with E-state index in [1.54, 1.807) is 6.20 Å². The highest BCUT2D eigenvalue weighted by atomic mass is 32.1. The minimum atomic E-state index is -0.523. The number of aryl methyl sites for hydroxylation is 2. The first kappa shape index (κ1) is 14.1. The number of aromatic nitrogens is 3. The Balaban J connectivity index is 2.28. The highest BCUT2D eigenvalue weighted by Crippen LogP contribution is 2.27. The number of thiazole rings is 1. The average molecular weight is 295 g/mol. The Morgan fingerprint density at radius 3 is 2.75 bits per heavy atom. The van der Waals surface area contributed by atoms with Crippen molar-refractivity contribution in [3.05, 3.63) is 31.9 Å². The van der Waals surface area contributed by atoms with E-state index >= 15 is 0 Å². The molecule has 2 aromatic heterocycles. The standard InChI is InChI=1S/C10H13N7O2S/c1-5-3-12-7(20-5)4-13-9-8(17(18)19)6(2)14-10(15-9)16-11/h3H,4,11H2,1-2H3,(H2,13,14,15,16). The maximum absolute atomic E-state index is 11.1. The summed E-state index contributed by atoms with van der Waals surface area (Å²) < 4.78 is 0. The molecule has 0 radical (unpaired) electrons. The minimum Gasteiger partial charge on any atom is -0.358 e. The Kier molecular flexibility index (Phi) is 4.05. The summed E-state index contributed by atoms with van der Waals surface area (Å²) in [6.45, 7) is 3.81. The molecule has 2 rings (SSSR count). The van der Waals surface area contributed by atoms with Crippen molar-refractivity contribution in [1.82, 2.24) is 15.0 Å². The highest BCUT2D eigenvalue weighted by molar-refractivity contribution is 7.11. The van der Waals surface area contributed by atoms with Gasteiger partial charge in [0.15, 0.2) is 0 Å². The van der Waals surface area contributed by atoms with E-state index in [9.17, 15) is 10.1 Å². The second-order valence-electron chi connectivity index (χ2n) is 3.95. The molecule has 0 aromatic carbocycles. The molecule has 0 bridgehead atoms. The SMILES string of the molecule is Cc1cnc(CNc2nc(NN)nc(C)c2[N+](=O)[O-])s1. The van der Waals surface area contributed by atoms with Gasteiger partial charge in [0.2, 0.25) is 11.8 Å². The molecule has 0 aliphatic heterocycles. The number of rotatable bonds is 5. The molecular formula is C10H13N7O2S. The molecule has 2 heterocycles. The molecule has 9 nitrogen and oxygen atoms in total. The Morgan fingerprint density at radius 2 is 2.20 bits per heavy atom. The zero-order valence-corrected chi connectivity index (χ0v) is 11.7. The molecule has 0 unspecified atom stereocenters. The number of hydrazine groups is 1. The predicted molar refractivity (Wildman–Crippen MR) is 75.4 cm³/mol. The Labute approximate surface area is 118 Å². The summed E-state index contributed by atoms with van der Waals surface area (Å²) in [6, 6.07) is 0. The van der Waals surface area contributed by atoms with Gasteiger partial charge in [0.25, 0.3) is 0 Å². The van der Waals surface area contributed by atoms with E-state index in [-0.39, 0.29) is 23.1 Å². The second-order valence-corrected chi connectivity index (χ2v) is 5.27. The van der Waals surface area contributed by atoms with Crippen LogP contribution in [0.1, 0.15) is 15.6 Å². The van der Waals surface area contributed by atoms with Gasteiger partial charge in [0.05, 0.1) is 11.5 Å². The van der Waals surface area contributed by atoms with Crippen molar-refractivity contribution >= 4 is 28.8 Å². The van der Waals surface area contributed by atoms with Crippen LogP contribution in [-0.2, 0) is 6.54 Å². The van der Waals surface area contributed by atoms with Crippen LogP contribution in [0.25, 0.3) is 0 Å². The topological polar surface area (TPSA) is 132 Å². The van der Waals surface area contributed by atoms with Gasteiger partial charge < -0.3 is 5.32 Å². The largest absolute Gasteiger partial charge is 0.358 e. The first-order valence-corrected chi connectivity index (χ1v) is 6.47. The molecule has 0 amide bonds. The third-order valence-corrected chi connectivity index (χ3v) is 3.36. The van der Waals surface area contributed by atoms with Crippen LogP contribution in [0.2, 0.25) is 0 Å². The predicted octanol–water partition coefficient (Wildman–Crippen LogP) is 1.36. The van der Waals surface area contributed by atoms with Gasteiger partial charge in [-0.1, -0.05) is 0 Å². The lowest BCUT2D eigenvalue weighted by molar-refractivity contribution is -0.385. The Bertz CT molecular complexity index is 643. The number of nitrogen functional groups attached to an aromatic ring is 1. The number of hydrogen-bond donors (Lipinski definition) is 3. The van der Waals surface area contributed by atoms with E-state index in [1.165, 1.54) is 18.3 Å². The Hall–Kier alpha value is -2.33. The number of nitrogens with one attached hydrogen (secondary N) is 2. The molecule has 10 heteroatoms. The van der Waals surface area contributed by atoms with Crippen LogP contribution in [0, 0.1) is 24.0 Å². The highest BCUT2D eigenvalue weighted by Gasteiger charge is 2.21. The van der Waals surface area contributed by atoms with Gasteiger partial charge in [-0.2, -0.15) is 4.98 Å². The van der Waals surface area contributed by atoms with E-state index in [4.69, 9.17) is 5.84 Å². The van der Waals surface area contributed by atoms with Crippen LogP contribution in [-0.4, -0.2) is 19.9 Å². The number of hydrogen-bond acceptors (Lipinski definition) is 9. The summed E-state index contributed by atoms with van der Waals surface area (Å²) in [6.07, 6.45) is 1.74. The van der Waals surface area contributed by atoms with Gasteiger partial charge in [-0.05, 0) is 13.8 Å².